The minimum Gasteiger partial charge on any atom is -0.501 e. The summed E-state index contributed by atoms with van der Waals surface area (Å²) >= 11 is 0. The van der Waals surface area contributed by atoms with Gasteiger partial charge in [-0.25, -0.2) is 9.37 Å². The van der Waals surface area contributed by atoms with Crippen molar-refractivity contribution in [2.75, 3.05) is 7.11 Å². The minimum atomic E-state index is -1.05. The van der Waals surface area contributed by atoms with E-state index in [2.05, 4.69) is 4.98 Å². The molecule has 0 radical (unpaired) electrons. The summed E-state index contributed by atoms with van der Waals surface area (Å²) in [6.45, 7) is 5.54. The molecule has 3 aromatic heterocycles. The van der Waals surface area contributed by atoms with Crippen LogP contribution in [0.15, 0.2) is 41.3 Å². The van der Waals surface area contributed by atoms with Gasteiger partial charge in [0.25, 0.3) is 0 Å². The molecule has 0 bridgehead atoms. The van der Waals surface area contributed by atoms with Crippen LogP contribution in [0.2, 0.25) is 0 Å². The van der Waals surface area contributed by atoms with Crippen LogP contribution >= 0.6 is 0 Å². The number of hydrogen-bond donors (Lipinski definition) is 1. The van der Waals surface area contributed by atoms with E-state index < -0.39 is 27.7 Å². The summed E-state index contributed by atoms with van der Waals surface area (Å²) in [5.74, 6) is -1.18. The number of hydrogen-bond acceptors (Lipinski definition) is 7. The molecule has 1 fully saturated rings. The highest BCUT2D eigenvalue weighted by atomic mass is 19.1. The number of benzene rings is 1. The maximum absolute atomic E-state index is 15.2. The number of ether oxygens (including phenoxy) is 1. The third-order valence-electron chi connectivity index (χ3n) is 6.69. The van der Waals surface area contributed by atoms with E-state index in [4.69, 9.17) is 9.72 Å². The van der Waals surface area contributed by atoms with Gasteiger partial charge in [-0.1, -0.05) is 19.9 Å². The highest BCUT2D eigenvalue weighted by molar-refractivity contribution is 5.91. The van der Waals surface area contributed by atoms with Gasteiger partial charge in [-0.3, -0.25) is 24.5 Å². The molecule has 1 saturated carbocycles. The van der Waals surface area contributed by atoms with Gasteiger partial charge in [-0.05, 0) is 67.0 Å². The lowest BCUT2D eigenvalue weighted by molar-refractivity contribution is -0.387. The Balaban J connectivity index is 2.01. The fraction of sp³-hybridized carbons (Fsp3) is 0.296. The molecule has 5 rings (SSSR count). The lowest BCUT2D eigenvalue weighted by Crippen LogP contribution is -2.25. The van der Waals surface area contributed by atoms with Gasteiger partial charge >= 0.3 is 11.2 Å². The number of halogens is 1. The number of pyridine rings is 3. The number of rotatable bonds is 6. The first-order chi connectivity index (χ1) is 17.6. The van der Waals surface area contributed by atoms with Gasteiger partial charge in [0.2, 0.25) is 5.75 Å². The summed E-state index contributed by atoms with van der Waals surface area (Å²) in [4.78, 5) is 33.9. The summed E-state index contributed by atoms with van der Waals surface area (Å²) in [7, 11) is 1.43. The predicted molar refractivity (Wildman–Crippen MR) is 136 cm³/mol. The van der Waals surface area contributed by atoms with Gasteiger partial charge in [0.15, 0.2) is 5.65 Å². The van der Waals surface area contributed by atoms with E-state index in [1.54, 1.807) is 31.3 Å². The average molecular weight is 505 g/mol. The Hall–Kier alpha value is -4.34. The van der Waals surface area contributed by atoms with Crippen molar-refractivity contribution in [3.8, 4) is 28.4 Å². The molecule has 0 unspecified atom stereocenters. The number of aryl methyl sites for hydroxylation is 1. The number of fused-ring (bicyclic) bond motifs is 1. The molecule has 190 valence electrons. The molecule has 1 N–H and O–H groups in total. The van der Waals surface area contributed by atoms with Crippen LogP contribution in [0.5, 0.6) is 11.5 Å². The van der Waals surface area contributed by atoms with Crippen LogP contribution < -0.4 is 10.3 Å². The molecule has 1 aliphatic carbocycles. The second-order valence-corrected chi connectivity index (χ2v) is 9.50. The highest BCUT2D eigenvalue weighted by Crippen LogP contribution is 2.48. The minimum absolute atomic E-state index is 0.0291. The van der Waals surface area contributed by atoms with E-state index in [-0.39, 0.29) is 39.9 Å². The van der Waals surface area contributed by atoms with E-state index in [1.807, 2.05) is 13.8 Å². The van der Waals surface area contributed by atoms with E-state index in [1.165, 1.54) is 19.2 Å². The zero-order valence-corrected chi connectivity index (χ0v) is 20.8. The highest BCUT2D eigenvalue weighted by Gasteiger charge is 2.34. The Morgan fingerprint density at radius 3 is 2.62 bits per heavy atom. The van der Waals surface area contributed by atoms with Gasteiger partial charge in [0, 0.05) is 6.20 Å². The molecule has 0 amide bonds. The Morgan fingerprint density at radius 2 is 2.00 bits per heavy atom. The van der Waals surface area contributed by atoms with E-state index >= 15 is 4.39 Å². The first kappa shape index (κ1) is 24.4. The van der Waals surface area contributed by atoms with Crippen molar-refractivity contribution in [3.05, 3.63) is 79.6 Å². The quantitative estimate of drug-likeness (QED) is 0.271. The molecule has 3 heterocycles. The molecule has 9 nitrogen and oxygen atoms in total. The average Bonchev–Trinajstić information content (AvgIpc) is 3.69. The third kappa shape index (κ3) is 3.89. The number of aromatic hydroxyl groups is 1. The largest absolute Gasteiger partial charge is 0.501 e. The number of aromatic nitrogens is 3. The SMILES string of the molecule is COc1cccc(F)c1-c1nc2c(cc1C1CC1)c(O)c([N+](=O)[O-])c(=O)n2-c1c(C)ccnc1C(C)C. The molecule has 0 spiro atoms. The number of nitro groups is 1. The Labute approximate surface area is 211 Å². The first-order valence-electron chi connectivity index (χ1n) is 11.9. The maximum Gasteiger partial charge on any atom is 0.376 e. The van der Waals surface area contributed by atoms with Crippen LogP contribution in [0.4, 0.5) is 10.1 Å². The Bertz CT molecular complexity index is 1640. The maximum atomic E-state index is 15.2. The topological polar surface area (TPSA) is 120 Å². The smallest absolute Gasteiger partial charge is 0.376 e. The molecule has 10 heteroatoms. The monoisotopic (exact) mass is 504 g/mol. The van der Waals surface area contributed by atoms with Crippen molar-refractivity contribution < 1.29 is 19.2 Å². The van der Waals surface area contributed by atoms with E-state index in [0.29, 0.717) is 22.5 Å². The summed E-state index contributed by atoms with van der Waals surface area (Å²) in [6, 6.07) is 7.71. The molecule has 1 aromatic carbocycles. The Morgan fingerprint density at radius 1 is 1.27 bits per heavy atom. The fourth-order valence-corrected chi connectivity index (χ4v) is 4.76. The van der Waals surface area contributed by atoms with Gasteiger partial charge in [-0.2, -0.15) is 0 Å². The van der Waals surface area contributed by atoms with E-state index in [0.717, 1.165) is 17.4 Å². The molecular formula is C27H25FN4O5. The van der Waals surface area contributed by atoms with Crippen LogP contribution in [0.25, 0.3) is 28.0 Å². The second kappa shape index (κ2) is 8.95. The van der Waals surface area contributed by atoms with Crippen molar-refractivity contribution in [2.45, 2.75) is 45.4 Å². The molecule has 0 aliphatic heterocycles. The van der Waals surface area contributed by atoms with Crippen molar-refractivity contribution in [1.82, 2.24) is 14.5 Å². The van der Waals surface area contributed by atoms with E-state index in [9.17, 15) is 20.0 Å². The summed E-state index contributed by atoms with van der Waals surface area (Å²) < 4.78 is 21.8. The van der Waals surface area contributed by atoms with Crippen LogP contribution in [0.1, 0.15) is 55.3 Å². The van der Waals surface area contributed by atoms with Crippen molar-refractivity contribution >= 4 is 16.7 Å². The molecular weight excluding hydrogens is 479 g/mol. The van der Waals surface area contributed by atoms with Crippen LogP contribution in [-0.2, 0) is 0 Å². The molecule has 37 heavy (non-hydrogen) atoms. The summed E-state index contributed by atoms with van der Waals surface area (Å²) in [5, 5.41) is 22.9. The molecule has 0 atom stereocenters. The summed E-state index contributed by atoms with van der Waals surface area (Å²) in [6.07, 6.45) is 3.24. The molecule has 1 aliphatic rings. The third-order valence-corrected chi connectivity index (χ3v) is 6.69. The number of methoxy groups -OCH3 is 1. The second-order valence-electron chi connectivity index (χ2n) is 9.50. The lowest BCUT2D eigenvalue weighted by atomic mass is 9.98. The van der Waals surface area contributed by atoms with Crippen molar-refractivity contribution in [3.63, 3.8) is 0 Å². The van der Waals surface area contributed by atoms with Gasteiger partial charge in [-0.15, -0.1) is 0 Å². The first-order valence-corrected chi connectivity index (χ1v) is 11.9. The van der Waals surface area contributed by atoms with Gasteiger partial charge in [0.1, 0.15) is 11.6 Å². The molecule has 0 saturated heterocycles. The standard InChI is InChI=1S/C27H25FN4O5/c1-13(2)21-23(14(3)10-11-29-21)31-26-17(25(33)24(27(31)34)32(35)36)12-16(15-8-9-15)22(30-26)20-18(28)6-5-7-19(20)37-4/h5-7,10-13,15,33H,8-9H2,1-4H3. The van der Waals surface area contributed by atoms with Crippen LogP contribution in [-0.4, -0.2) is 31.7 Å². The zero-order chi connectivity index (χ0) is 26.6. The lowest BCUT2D eigenvalue weighted by Gasteiger charge is -2.20. The number of nitrogens with zero attached hydrogens (tertiary/aromatic N) is 4. The predicted octanol–water partition coefficient (Wildman–Crippen LogP) is 5.52. The Kier molecular flexibility index (Phi) is 5.89. The molecule has 4 aromatic rings. The van der Waals surface area contributed by atoms with Gasteiger partial charge in [0.05, 0.1) is 40.1 Å². The summed E-state index contributed by atoms with van der Waals surface area (Å²) in [5.41, 5.74) is 0.483. The van der Waals surface area contributed by atoms with Crippen LogP contribution in [0.3, 0.4) is 0 Å². The van der Waals surface area contributed by atoms with Crippen molar-refractivity contribution in [2.24, 2.45) is 0 Å². The normalized spacial score (nSPS) is 13.4. The van der Waals surface area contributed by atoms with Crippen LogP contribution in [0, 0.1) is 22.9 Å². The fourth-order valence-electron chi connectivity index (χ4n) is 4.76. The van der Waals surface area contributed by atoms with Gasteiger partial charge < -0.3 is 9.84 Å². The van der Waals surface area contributed by atoms with Crippen molar-refractivity contribution in [1.29, 1.82) is 0 Å². The zero-order valence-electron chi connectivity index (χ0n) is 20.8.